The van der Waals surface area contributed by atoms with Crippen molar-refractivity contribution >= 4 is 11.9 Å². The summed E-state index contributed by atoms with van der Waals surface area (Å²) in [5, 5.41) is 8.84. The average Bonchev–Trinajstić information content (AvgIpc) is 2.67. The molecule has 1 atom stereocenters. The van der Waals surface area contributed by atoms with Crippen LogP contribution in [0, 0.1) is 0 Å². The highest BCUT2D eigenvalue weighted by molar-refractivity contribution is 5.92. The molecule has 1 aliphatic heterocycles. The molecule has 0 aliphatic carbocycles. The van der Waals surface area contributed by atoms with Crippen LogP contribution in [-0.4, -0.2) is 58.7 Å². The number of aromatic nitrogens is 2. The van der Waals surface area contributed by atoms with E-state index < -0.39 is 5.97 Å². The van der Waals surface area contributed by atoms with E-state index in [1.165, 1.54) is 6.20 Å². The summed E-state index contributed by atoms with van der Waals surface area (Å²) in [6, 6.07) is 7.51. The van der Waals surface area contributed by atoms with Crippen molar-refractivity contribution in [3.63, 3.8) is 0 Å². The van der Waals surface area contributed by atoms with E-state index in [2.05, 4.69) is 9.97 Å². The number of carbonyl (C=O) groups excluding carboxylic acids is 1. The van der Waals surface area contributed by atoms with Crippen molar-refractivity contribution in [3.05, 3.63) is 53.6 Å². The first-order valence-corrected chi connectivity index (χ1v) is 7.68. The molecule has 1 aromatic heterocycles. The molecule has 1 fully saturated rings. The van der Waals surface area contributed by atoms with Gasteiger partial charge in [0.2, 0.25) is 0 Å². The zero-order chi connectivity index (χ0) is 17.8. The number of amides is 1. The monoisotopic (exact) mass is 343 g/mol. The molecule has 1 aliphatic rings. The van der Waals surface area contributed by atoms with Gasteiger partial charge in [-0.3, -0.25) is 4.79 Å². The zero-order valence-corrected chi connectivity index (χ0v) is 13.6. The fourth-order valence-corrected chi connectivity index (χ4v) is 2.59. The van der Waals surface area contributed by atoms with Gasteiger partial charge in [-0.05, 0) is 17.7 Å². The molecule has 0 radical (unpaired) electrons. The number of nitrogens with zero attached hydrogens (tertiary/aromatic N) is 3. The molecule has 3 rings (SSSR count). The van der Waals surface area contributed by atoms with Crippen LogP contribution in [-0.2, 0) is 4.74 Å². The molecular weight excluding hydrogens is 326 g/mol. The molecular formula is C17H17N3O5. The zero-order valence-electron chi connectivity index (χ0n) is 13.6. The lowest BCUT2D eigenvalue weighted by Gasteiger charge is -2.33. The minimum Gasteiger partial charge on any atom is -0.497 e. The Morgan fingerprint density at radius 3 is 2.72 bits per heavy atom. The highest BCUT2D eigenvalue weighted by Gasteiger charge is 2.27. The van der Waals surface area contributed by atoms with Crippen LogP contribution in [0.15, 0.2) is 36.7 Å². The molecule has 130 valence electrons. The van der Waals surface area contributed by atoms with E-state index >= 15 is 0 Å². The van der Waals surface area contributed by atoms with Crippen LogP contribution in [0.5, 0.6) is 5.75 Å². The third-order valence-corrected chi connectivity index (χ3v) is 3.91. The predicted octanol–water partition coefficient (Wildman–Crippen LogP) is 1.40. The van der Waals surface area contributed by atoms with E-state index in [0.717, 1.165) is 17.5 Å². The molecule has 1 N–H and O–H groups in total. The second kappa shape index (κ2) is 7.27. The van der Waals surface area contributed by atoms with Crippen LogP contribution < -0.4 is 4.74 Å². The molecule has 2 heterocycles. The van der Waals surface area contributed by atoms with Crippen molar-refractivity contribution in [2.75, 3.05) is 26.8 Å². The largest absolute Gasteiger partial charge is 0.497 e. The van der Waals surface area contributed by atoms with Gasteiger partial charge in [0.15, 0.2) is 5.69 Å². The number of carboxylic acids is 1. The van der Waals surface area contributed by atoms with E-state index in [4.69, 9.17) is 14.6 Å². The van der Waals surface area contributed by atoms with Crippen LogP contribution >= 0.6 is 0 Å². The van der Waals surface area contributed by atoms with Crippen LogP contribution in [0.1, 0.15) is 32.6 Å². The van der Waals surface area contributed by atoms with Crippen molar-refractivity contribution in [3.8, 4) is 5.75 Å². The standard InChI is InChI=1S/C17H17N3O5/c1-24-12-4-2-3-11(7-12)15-10-20(5-6-25-15)16(21)13-8-19-14(9-18-13)17(22)23/h2-4,7-9,15H,5-6,10H2,1H3,(H,22,23). The Morgan fingerprint density at radius 2 is 2.04 bits per heavy atom. The fourth-order valence-electron chi connectivity index (χ4n) is 2.59. The van der Waals surface area contributed by atoms with E-state index in [1.54, 1.807) is 12.0 Å². The van der Waals surface area contributed by atoms with Gasteiger partial charge in [-0.25, -0.2) is 14.8 Å². The van der Waals surface area contributed by atoms with E-state index in [1.807, 2.05) is 24.3 Å². The van der Waals surface area contributed by atoms with Crippen molar-refractivity contribution in [2.45, 2.75) is 6.10 Å². The second-order valence-corrected chi connectivity index (χ2v) is 5.48. The lowest BCUT2D eigenvalue weighted by atomic mass is 10.1. The number of carbonyl (C=O) groups is 2. The fraction of sp³-hybridized carbons (Fsp3) is 0.294. The number of hydrogen-bond donors (Lipinski definition) is 1. The summed E-state index contributed by atoms with van der Waals surface area (Å²) >= 11 is 0. The quantitative estimate of drug-likeness (QED) is 0.895. The van der Waals surface area contributed by atoms with Crippen LogP contribution in [0.2, 0.25) is 0 Å². The van der Waals surface area contributed by atoms with Gasteiger partial charge in [-0.15, -0.1) is 0 Å². The smallest absolute Gasteiger partial charge is 0.356 e. The van der Waals surface area contributed by atoms with Gasteiger partial charge in [0.25, 0.3) is 5.91 Å². The molecule has 1 amide bonds. The second-order valence-electron chi connectivity index (χ2n) is 5.48. The summed E-state index contributed by atoms with van der Waals surface area (Å²) in [6.07, 6.45) is 2.00. The molecule has 0 bridgehead atoms. The minimum atomic E-state index is -1.18. The Hall–Kier alpha value is -3.00. The Morgan fingerprint density at radius 1 is 1.28 bits per heavy atom. The van der Waals surface area contributed by atoms with Gasteiger partial charge in [-0.1, -0.05) is 12.1 Å². The summed E-state index contributed by atoms with van der Waals surface area (Å²) in [5.41, 5.74) is 0.827. The van der Waals surface area contributed by atoms with E-state index in [0.29, 0.717) is 19.7 Å². The van der Waals surface area contributed by atoms with Crippen molar-refractivity contribution in [2.24, 2.45) is 0 Å². The van der Waals surface area contributed by atoms with Gasteiger partial charge in [0.05, 0.1) is 32.7 Å². The number of methoxy groups -OCH3 is 1. The van der Waals surface area contributed by atoms with Crippen LogP contribution in [0.3, 0.4) is 0 Å². The van der Waals surface area contributed by atoms with Crippen molar-refractivity contribution in [1.29, 1.82) is 0 Å². The van der Waals surface area contributed by atoms with Gasteiger partial charge >= 0.3 is 5.97 Å². The number of rotatable bonds is 4. The molecule has 1 unspecified atom stereocenters. The highest BCUT2D eigenvalue weighted by atomic mass is 16.5. The van der Waals surface area contributed by atoms with Crippen LogP contribution in [0.4, 0.5) is 0 Å². The molecule has 0 spiro atoms. The summed E-state index contributed by atoms with van der Waals surface area (Å²) in [4.78, 5) is 32.7. The summed E-state index contributed by atoms with van der Waals surface area (Å²) in [7, 11) is 1.59. The maximum absolute atomic E-state index is 12.6. The lowest BCUT2D eigenvalue weighted by molar-refractivity contribution is -0.0231. The third-order valence-electron chi connectivity index (χ3n) is 3.91. The molecule has 8 nitrogen and oxygen atoms in total. The number of morpholine rings is 1. The highest BCUT2D eigenvalue weighted by Crippen LogP contribution is 2.25. The van der Waals surface area contributed by atoms with Gasteiger partial charge in [0.1, 0.15) is 17.5 Å². The average molecular weight is 343 g/mol. The summed E-state index contributed by atoms with van der Waals surface area (Å²) in [5.74, 6) is -0.767. The number of aromatic carboxylic acids is 1. The minimum absolute atomic E-state index is 0.108. The topological polar surface area (TPSA) is 102 Å². The molecule has 1 aromatic carbocycles. The number of carboxylic acid groups (broad SMARTS) is 1. The number of benzene rings is 1. The third kappa shape index (κ3) is 3.74. The van der Waals surface area contributed by atoms with Gasteiger partial charge in [0, 0.05) is 6.54 Å². The lowest BCUT2D eigenvalue weighted by Crippen LogP contribution is -2.42. The molecule has 25 heavy (non-hydrogen) atoms. The molecule has 8 heteroatoms. The number of hydrogen-bond acceptors (Lipinski definition) is 6. The SMILES string of the molecule is COc1cccc(C2CN(C(=O)c3cnc(C(=O)O)cn3)CCO2)c1. The Bertz CT molecular complexity index is 778. The molecule has 2 aromatic rings. The van der Waals surface area contributed by atoms with Gasteiger partial charge in [-0.2, -0.15) is 0 Å². The molecule has 0 saturated carbocycles. The van der Waals surface area contributed by atoms with E-state index in [-0.39, 0.29) is 23.4 Å². The van der Waals surface area contributed by atoms with Gasteiger partial charge < -0.3 is 19.5 Å². The first-order chi connectivity index (χ1) is 12.1. The first kappa shape index (κ1) is 16.8. The maximum atomic E-state index is 12.6. The predicted molar refractivity (Wildman–Crippen MR) is 86.6 cm³/mol. The summed E-state index contributed by atoms with van der Waals surface area (Å²) in [6.45, 7) is 1.20. The Balaban J connectivity index is 1.74. The Labute approximate surface area is 144 Å². The maximum Gasteiger partial charge on any atom is 0.356 e. The normalized spacial score (nSPS) is 17.2. The van der Waals surface area contributed by atoms with E-state index in [9.17, 15) is 9.59 Å². The van der Waals surface area contributed by atoms with Crippen LogP contribution in [0.25, 0.3) is 0 Å². The molecule has 1 saturated heterocycles. The first-order valence-electron chi connectivity index (χ1n) is 7.68. The Kier molecular flexibility index (Phi) is 4.90. The number of ether oxygens (including phenoxy) is 2. The summed E-state index contributed by atoms with van der Waals surface area (Å²) < 4.78 is 11.0. The van der Waals surface area contributed by atoms with Crippen molar-refractivity contribution in [1.82, 2.24) is 14.9 Å². The van der Waals surface area contributed by atoms with Crippen molar-refractivity contribution < 1.29 is 24.2 Å².